The number of carbonyl (C=O) groups is 2. The standard InChI is InChI=1S/C15H25NO3/c1-9-4-5-16(11(3)6-9)14(17)12-7-10(2)8-13(12)15(18)19/h9-13H,4-8H2,1-3H3,(H,18,19)/t9?,10?,11?,12-,13+/m0/s1. The van der Waals surface area contributed by atoms with E-state index in [4.69, 9.17) is 0 Å². The van der Waals surface area contributed by atoms with Gasteiger partial charge in [0.2, 0.25) is 5.91 Å². The minimum Gasteiger partial charge on any atom is -0.481 e. The molecule has 1 saturated heterocycles. The minimum atomic E-state index is -0.805. The Morgan fingerprint density at radius 1 is 1.00 bits per heavy atom. The second-order valence-corrected chi connectivity index (χ2v) is 6.64. The van der Waals surface area contributed by atoms with Gasteiger partial charge < -0.3 is 10.0 Å². The van der Waals surface area contributed by atoms with Gasteiger partial charge in [0.05, 0.1) is 11.8 Å². The van der Waals surface area contributed by atoms with E-state index in [2.05, 4.69) is 13.8 Å². The van der Waals surface area contributed by atoms with Crippen LogP contribution in [0.5, 0.6) is 0 Å². The highest BCUT2D eigenvalue weighted by atomic mass is 16.4. The van der Waals surface area contributed by atoms with Crippen molar-refractivity contribution in [3.05, 3.63) is 0 Å². The van der Waals surface area contributed by atoms with Crippen molar-refractivity contribution < 1.29 is 14.7 Å². The molecule has 1 saturated carbocycles. The number of piperidine rings is 1. The summed E-state index contributed by atoms with van der Waals surface area (Å²) in [6.07, 6.45) is 3.45. The summed E-state index contributed by atoms with van der Waals surface area (Å²) >= 11 is 0. The molecule has 0 spiro atoms. The highest BCUT2D eigenvalue weighted by Gasteiger charge is 2.44. The van der Waals surface area contributed by atoms with Crippen molar-refractivity contribution in [3.63, 3.8) is 0 Å². The first-order chi connectivity index (χ1) is 8.90. The van der Waals surface area contributed by atoms with E-state index in [0.717, 1.165) is 25.8 Å². The van der Waals surface area contributed by atoms with Gasteiger partial charge in [-0.05, 0) is 44.4 Å². The quantitative estimate of drug-likeness (QED) is 0.835. The van der Waals surface area contributed by atoms with Crippen LogP contribution in [-0.2, 0) is 9.59 Å². The van der Waals surface area contributed by atoms with Crippen molar-refractivity contribution in [1.82, 2.24) is 4.90 Å². The monoisotopic (exact) mass is 267 g/mol. The molecule has 1 aliphatic carbocycles. The molecule has 0 bridgehead atoms. The SMILES string of the molecule is CC1CCN(C(=O)[C@H]2CC(C)C[C@H]2C(=O)O)C(C)C1. The highest BCUT2D eigenvalue weighted by Crippen LogP contribution is 2.38. The molecule has 5 atom stereocenters. The first kappa shape index (κ1) is 14.4. The fourth-order valence-electron chi connectivity index (χ4n) is 3.79. The maximum absolute atomic E-state index is 12.6. The van der Waals surface area contributed by atoms with Gasteiger partial charge in [0.1, 0.15) is 0 Å². The summed E-state index contributed by atoms with van der Waals surface area (Å²) in [5, 5.41) is 9.29. The predicted octanol–water partition coefficient (Wildman–Crippen LogP) is 2.38. The summed E-state index contributed by atoms with van der Waals surface area (Å²) < 4.78 is 0. The number of rotatable bonds is 2. The summed E-state index contributed by atoms with van der Waals surface area (Å²) in [7, 11) is 0. The van der Waals surface area contributed by atoms with Gasteiger partial charge in [0.15, 0.2) is 0 Å². The third-order valence-corrected chi connectivity index (χ3v) is 4.85. The maximum atomic E-state index is 12.6. The number of carboxylic acid groups (broad SMARTS) is 1. The predicted molar refractivity (Wildman–Crippen MR) is 72.6 cm³/mol. The number of likely N-dealkylation sites (tertiary alicyclic amines) is 1. The fourth-order valence-corrected chi connectivity index (χ4v) is 3.79. The third kappa shape index (κ3) is 2.93. The average molecular weight is 267 g/mol. The van der Waals surface area contributed by atoms with Gasteiger partial charge in [-0.15, -0.1) is 0 Å². The molecular formula is C15H25NO3. The Hall–Kier alpha value is -1.06. The lowest BCUT2D eigenvalue weighted by Gasteiger charge is -2.38. The molecule has 2 rings (SSSR count). The zero-order chi connectivity index (χ0) is 14.2. The second kappa shape index (κ2) is 5.51. The Balaban J connectivity index is 2.08. The van der Waals surface area contributed by atoms with E-state index in [0.29, 0.717) is 18.3 Å². The molecule has 4 heteroatoms. The van der Waals surface area contributed by atoms with E-state index in [1.807, 2.05) is 11.8 Å². The summed E-state index contributed by atoms with van der Waals surface area (Å²) in [5.41, 5.74) is 0. The van der Waals surface area contributed by atoms with Crippen LogP contribution in [0.15, 0.2) is 0 Å². The lowest BCUT2D eigenvalue weighted by Crippen LogP contribution is -2.48. The van der Waals surface area contributed by atoms with Crippen LogP contribution in [0.25, 0.3) is 0 Å². The summed E-state index contributed by atoms with van der Waals surface area (Å²) in [6.45, 7) is 7.14. The number of carboxylic acids is 1. The van der Waals surface area contributed by atoms with Crippen molar-refractivity contribution >= 4 is 11.9 Å². The van der Waals surface area contributed by atoms with E-state index >= 15 is 0 Å². The molecule has 1 heterocycles. The van der Waals surface area contributed by atoms with Crippen LogP contribution in [0, 0.1) is 23.7 Å². The molecule has 4 nitrogen and oxygen atoms in total. The molecule has 0 aromatic heterocycles. The van der Waals surface area contributed by atoms with Crippen molar-refractivity contribution in [2.24, 2.45) is 23.7 Å². The molecule has 19 heavy (non-hydrogen) atoms. The van der Waals surface area contributed by atoms with Crippen LogP contribution in [0.3, 0.4) is 0 Å². The Kier molecular flexibility index (Phi) is 4.16. The van der Waals surface area contributed by atoms with E-state index < -0.39 is 11.9 Å². The van der Waals surface area contributed by atoms with Gasteiger partial charge in [0.25, 0.3) is 0 Å². The normalized spacial score (nSPS) is 39.3. The Bertz CT molecular complexity index is 368. The van der Waals surface area contributed by atoms with Gasteiger partial charge in [-0.25, -0.2) is 0 Å². The summed E-state index contributed by atoms with van der Waals surface area (Å²) in [5.74, 6) is -0.500. The minimum absolute atomic E-state index is 0.0798. The fraction of sp³-hybridized carbons (Fsp3) is 0.867. The molecule has 2 aliphatic rings. The largest absolute Gasteiger partial charge is 0.481 e. The number of nitrogens with zero attached hydrogens (tertiary/aromatic N) is 1. The molecule has 1 aliphatic heterocycles. The zero-order valence-electron chi connectivity index (χ0n) is 12.1. The van der Waals surface area contributed by atoms with Crippen LogP contribution in [0.2, 0.25) is 0 Å². The van der Waals surface area contributed by atoms with Gasteiger partial charge >= 0.3 is 5.97 Å². The topological polar surface area (TPSA) is 57.6 Å². The maximum Gasteiger partial charge on any atom is 0.307 e. The number of hydrogen-bond acceptors (Lipinski definition) is 2. The molecule has 108 valence electrons. The lowest BCUT2D eigenvalue weighted by molar-refractivity contribution is -0.150. The first-order valence-corrected chi connectivity index (χ1v) is 7.43. The molecule has 1 N–H and O–H groups in total. The lowest BCUT2D eigenvalue weighted by atomic mass is 9.89. The average Bonchev–Trinajstić information content (AvgIpc) is 2.70. The molecule has 0 radical (unpaired) electrons. The Morgan fingerprint density at radius 3 is 2.21 bits per heavy atom. The van der Waals surface area contributed by atoms with E-state index in [1.165, 1.54) is 0 Å². The zero-order valence-corrected chi connectivity index (χ0v) is 12.1. The van der Waals surface area contributed by atoms with Gasteiger partial charge in [-0.1, -0.05) is 13.8 Å². The van der Waals surface area contributed by atoms with Crippen molar-refractivity contribution in [2.75, 3.05) is 6.54 Å². The van der Waals surface area contributed by atoms with Gasteiger partial charge in [0, 0.05) is 12.6 Å². The third-order valence-electron chi connectivity index (χ3n) is 4.85. The number of amides is 1. The van der Waals surface area contributed by atoms with E-state index in [-0.39, 0.29) is 17.9 Å². The van der Waals surface area contributed by atoms with Crippen LogP contribution < -0.4 is 0 Å². The van der Waals surface area contributed by atoms with Gasteiger partial charge in [-0.3, -0.25) is 9.59 Å². The molecule has 3 unspecified atom stereocenters. The van der Waals surface area contributed by atoms with Crippen LogP contribution in [-0.4, -0.2) is 34.5 Å². The molecule has 0 aromatic carbocycles. The van der Waals surface area contributed by atoms with E-state index in [1.54, 1.807) is 0 Å². The number of carbonyl (C=O) groups excluding carboxylic acids is 1. The van der Waals surface area contributed by atoms with Crippen molar-refractivity contribution in [3.8, 4) is 0 Å². The smallest absolute Gasteiger partial charge is 0.307 e. The Labute approximate surface area is 115 Å². The van der Waals surface area contributed by atoms with Crippen LogP contribution in [0.4, 0.5) is 0 Å². The molecule has 2 fully saturated rings. The van der Waals surface area contributed by atoms with Crippen molar-refractivity contribution in [1.29, 1.82) is 0 Å². The second-order valence-electron chi connectivity index (χ2n) is 6.64. The van der Waals surface area contributed by atoms with Gasteiger partial charge in [-0.2, -0.15) is 0 Å². The highest BCUT2D eigenvalue weighted by molar-refractivity contribution is 5.85. The van der Waals surface area contributed by atoms with Crippen LogP contribution >= 0.6 is 0 Å². The number of hydrogen-bond donors (Lipinski definition) is 1. The van der Waals surface area contributed by atoms with Crippen molar-refractivity contribution in [2.45, 2.75) is 52.5 Å². The Morgan fingerprint density at radius 2 is 1.63 bits per heavy atom. The summed E-state index contributed by atoms with van der Waals surface area (Å²) in [4.78, 5) is 25.9. The molecule has 1 amide bonds. The van der Waals surface area contributed by atoms with Crippen LogP contribution in [0.1, 0.15) is 46.5 Å². The number of aliphatic carboxylic acids is 1. The molecule has 0 aromatic rings. The summed E-state index contributed by atoms with van der Waals surface area (Å²) in [6, 6.07) is 0.251. The van der Waals surface area contributed by atoms with E-state index in [9.17, 15) is 14.7 Å². The molecular weight excluding hydrogens is 242 g/mol. The first-order valence-electron chi connectivity index (χ1n) is 7.43.